The molecular formula is C9H10CaO4+2. The predicted octanol–water partition coefficient (Wildman–Crippen LogP) is 0.778. The van der Waals surface area contributed by atoms with Crippen LogP contribution < -0.4 is 9.47 Å². The zero-order valence-corrected chi connectivity index (χ0v) is 10.1. The molecule has 1 N–H and O–H groups in total. The molecular weight excluding hydrogens is 212 g/mol. The third-order valence-corrected chi connectivity index (χ3v) is 1.42. The SMILES string of the molecule is COc1ccccc1OCC(=O)O.[Ca+2]. The van der Waals surface area contributed by atoms with Crippen molar-refractivity contribution in [3.63, 3.8) is 0 Å². The second kappa shape index (κ2) is 6.92. The molecule has 1 aromatic rings. The first-order chi connectivity index (χ1) is 6.24. The van der Waals surface area contributed by atoms with Gasteiger partial charge in [0, 0.05) is 0 Å². The van der Waals surface area contributed by atoms with Crippen molar-refractivity contribution in [2.24, 2.45) is 0 Å². The Morgan fingerprint density at radius 3 is 2.43 bits per heavy atom. The van der Waals surface area contributed by atoms with Gasteiger partial charge in [-0.05, 0) is 12.1 Å². The summed E-state index contributed by atoms with van der Waals surface area (Å²) in [7, 11) is 1.50. The van der Waals surface area contributed by atoms with Crippen LogP contribution in [0.2, 0.25) is 0 Å². The molecule has 0 aromatic heterocycles. The smallest absolute Gasteiger partial charge is 0.493 e. The molecule has 0 amide bonds. The Labute approximate surface area is 112 Å². The van der Waals surface area contributed by atoms with Crippen LogP contribution in [-0.2, 0) is 4.79 Å². The molecule has 0 spiro atoms. The molecule has 0 radical (unpaired) electrons. The maximum Gasteiger partial charge on any atom is 2.00 e. The molecule has 0 aliphatic rings. The molecule has 0 heterocycles. The topological polar surface area (TPSA) is 55.8 Å². The van der Waals surface area contributed by atoms with E-state index in [1.165, 1.54) is 7.11 Å². The van der Waals surface area contributed by atoms with Gasteiger partial charge < -0.3 is 14.6 Å². The van der Waals surface area contributed by atoms with Gasteiger partial charge in [0.2, 0.25) is 0 Å². The molecule has 0 atom stereocenters. The van der Waals surface area contributed by atoms with E-state index in [1.54, 1.807) is 24.3 Å². The molecule has 1 aromatic carbocycles. The Morgan fingerprint density at radius 2 is 1.93 bits per heavy atom. The summed E-state index contributed by atoms with van der Waals surface area (Å²) in [4.78, 5) is 10.2. The fourth-order valence-corrected chi connectivity index (χ4v) is 0.878. The number of para-hydroxylation sites is 2. The zero-order valence-electron chi connectivity index (χ0n) is 7.90. The van der Waals surface area contributed by atoms with Crippen LogP contribution in [0.3, 0.4) is 0 Å². The van der Waals surface area contributed by atoms with Gasteiger partial charge in [-0.25, -0.2) is 4.79 Å². The fraction of sp³-hybridized carbons (Fsp3) is 0.222. The second-order valence-electron chi connectivity index (χ2n) is 2.33. The van der Waals surface area contributed by atoms with Crippen LogP contribution in [0.1, 0.15) is 0 Å². The minimum absolute atomic E-state index is 0. The maximum atomic E-state index is 10.2. The summed E-state index contributed by atoms with van der Waals surface area (Å²) in [6.45, 7) is -0.361. The zero-order chi connectivity index (χ0) is 9.68. The van der Waals surface area contributed by atoms with Crippen LogP contribution in [0.4, 0.5) is 0 Å². The Hall–Kier alpha value is -0.450. The van der Waals surface area contributed by atoms with Crippen LogP contribution in [0.5, 0.6) is 11.5 Å². The minimum atomic E-state index is -1.01. The molecule has 0 aliphatic heterocycles. The van der Waals surface area contributed by atoms with Crippen LogP contribution in [0.15, 0.2) is 24.3 Å². The number of methoxy groups -OCH3 is 1. The summed E-state index contributed by atoms with van der Waals surface area (Å²) < 4.78 is 9.92. The van der Waals surface area contributed by atoms with Crippen molar-refractivity contribution in [3.8, 4) is 11.5 Å². The van der Waals surface area contributed by atoms with Gasteiger partial charge in [-0.3, -0.25) is 0 Å². The molecule has 5 heteroatoms. The number of carboxylic acid groups (broad SMARTS) is 1. The van der Waals surface area contributed by atoms with Gasteiger partial charge in [0.15, 0.2) is 18.1 Å². The van der Waals surface area contributed by atoms with E-state index in [9.17, 15) is 4.79 Å². The van der Waals surface area contributed by atoms with Gasteiger partial charge in [0.1, 0.15) is 0 Å². The summed E-state index contributed by atoms with van der Waals surface area (Å²) >= 11 is 0. The number of carboxylic acids is 1. The molecule has 1 rings (SSSR count). The summed E-state index contributed by atoms with van der Waals surface area (Å²) in [5.74, 6) is -0.0398. The molecule has 14 heavy (non-hydrogen) atoms. The average molecular weight is 222 g/mol. The largest absolute Gasteiger partial charge is 2.00 e. The Kier molecular flexibility index (Phi) is 6.70. The Balaban J connectivity index is 0.00000169. The number of hydrogen-bond donors (Lipinski definition) is 1. The van der Waals surface area contributed by atoms with E-state index >= 15 is 0 Å². The van der Waals surface area contributed by atoms with Gasteiger partial charge in [0.25, 0.3) is 0 Å². The number of aliphatic carboxylic acids is 1. The van der Waals surface area contributed by atoms with Gasteiger partial charge in [-0.1, -0.05) is 12.1 Å². The van der Waals surface area contributed by atoms with Gasteiger partial charge in [-0.2, -0.15) is 0 Å². The van der Waals surface area contributed by atoms with Crippen molar-refractivity contribution >= 4 is 43.7 Å². The first kappa shape index (κ1) is 13.5. The molecule has 70 valence electrons. The number of rotatable bonds is 4. The van der Waals surface area contributed by atoms with Crippen molar-refractivity contribution in [1.82, 2.24) is 0 Å². The van der Waals surface area contributed by atoms with E-state index in [2.05, 4.69) is 0 Å². The molecule has 0 unspecified atom stereocenters. The number of carbonyl (C=O) groups is 1. The Bertz CT molecular complexity index is 301. The molecule has 4 nitrogen and oxygen atoms in total. The summed E-state index contributed by atoms with van der Waals surface area (Å²) in [5.41, 5.74) is 0. The van der Waals surface area contributed by atoms with Gasteiger partial charge in [0.05, 0.1) is 7.11 Å². The first-order valence-corrected chi connectivity index (χ1v) is 3.71. The normalized spacial score (nSPS) is 8.64. The van der Waals surface area contributed by atoms with E-state index in [0.29, 0.717) is 11.5 Å². The second-order valence-corrected chi connectivity index (χ2v) is 2.33. The number of hydrogen-bond acceptors (Lipinski definition) is 3. The summed E-state index contributed by atoms with van der Waals surface area (Å²) in [5, 5.41) is 8.37. The molecule has 0 aliphatic carbocycles. The Morgan fingerprint density at radius 1 is 1.36 bits per heavy atom. The standard InChI is InChI=1S/C9H10O4.Ca/c1-12-7-4-2-3-5-8(7)13-6-9(10)11;/h2-5H,6H2,1H3,(H,10,11);/q;+2. The van der Waals surface area contributed by atoms with Crippen LogP contribution in [0, 0.1) is 0 Å². The summed E-state index contributed by atoms with van der Waals surface area (Å²) in [6, 6.07) is 6.89. The number of ether oxygens (including phenoxy) is 2. The van der Waals surface area contributed by atoms with Crippen molar-refractivity contribution in [2.75, 3.05) is 13.7 Å². The van der Waals surface area contributed by atoms with Crippen LogP contribution in [0.25, 0.3) is 0 Å². The maximum absolute atomic E-state index is 10.2. The minimum Gasteiger partial charge on any atom is -0.493 e. The molecule has 0 fully saturated rings. The third-order valence-electron chi connectivity index (χ3n) is 1.42. The molecule has 0 saturated carbocycles. The van der Waals surface area contributed by atoms with E-state index in [4.69, 9.17) is 14.6 Å². The quantitative estimate of drug-likeness (QED) is 0.765. The van der Waals surface area contributed by atoms with Gasteiger partial charge in [-0.15, -0.1) is 0 Å². The monoisotopic (exact) mass is 222 g/mol. The molecule has 0 saturated heterocycles. The van der Waals surface area contributed by atoms with Crippen LogP contribution >= 0.6 is 0 Å². The van der Waals surface area contributed by atoms with Crippen LogP contribution in [-0.4, -0.2) is 62.5 Å². The van der Waals surface area contributed by atoms with E-state index in [1.807, 2.05) is 0 Å². The van der Waals surface area contributed by atoms with Crippen molar-refractivity contribution < 1.29 is 19.4 Å². The fourth-order valence-electron chi connectivity index (χ4n) is 0.878. The van der Waals surface area contributed by atoms with Crippen molar-refractivity contribution in [1.29, 1.82) is 0 Å². The van der Waals surface area contributed by atoms with Crippen molar-refractivity contribution in [3.05, 3.63) is 24.3 Å². The molecule has 0 bridgehead atoms. The average Bonchev–Trinajstić information content (AvgIpc) is 2.15. The third kappa shape index (κ3) is 4.17. The summed E-state index contributed by atoms with van der Waals surface area (Å²) in [6.07, 6.45) is 0. The van der Waals surface area contributed by atoms with Gasteiger partial charge >= 0.3 is 43.7 Å². The van der Waals surface area contributed by atoms with Crippen molar-refractivity contribution in [2.45, 2.75) is 0 Å². The van der Waals surface area contributed by atoms with E-state index in [0.717, 1.165) is 0 Å². The van der Waals surface area contributed by atoms with E-state index < -0.39 is 5.97 Å². The van der Waals surface area contributed by atoms with E-state index in [-0.39, 0.29) is 44.3 Å². The predicted molar refractivity (Wildman–Crippen MR) is 51.9 cm³/mol. The number of benzene rings is 1. The first-order valence-electron chi connectivity index (χ1n) is 3.71.